The first kappa shape index (κ1) is 15.6. The number of aromatic hydroxyl groups is 1. The van der Waals surface area contributed by atoms with Crippen molar-refractivity contribution in [3.63, 3.8) is 0 Å². The Morgan fingerprint density at radius 3 is 2.48 bits per heavy atom. The summed E-state index contributed by atoms with van der Waals surface area (Å²) in [5.41, 5.74) is 8.25. The molecule has 23 heavy (non-hydrogen) atoms. The predicted octanol–water partition coefficient (Wildman–Crippen LogP) is 2.90. The van der Waals surface area contributed by atoms with Gasteiger partial charge in [0.1, 0.15) is 5.75 Å². The molecule has 1 fully saturated rings. The number of rotatable bonds is 6. The van der Waals surface area contributed by atoms with Crippen LogP contribution in [0, 0.1) is 5.92 Å². The molecular formula is C19H22N2O2. The standard InChI is InChI=1S/C19H22N2O2/c20-11-14-6-8-17(9-7-14)19(23)21(12-15-4-5-15)13-16-2-1-3-18(22)10-16/h1-3,6-10,15,22H,4-5,11-13,20H2. The summed E-state index contributed by atoms with van der Waals surface area (Å²) in [7, 11) is 0. The number of amides is 1. The van der Waals surface area contributed by atoms with Crippen molar-refractivity contribution in [1.82, 2.24) is 4.90 Å². The Morgan fingerprint density at radius 2 is 1.87 bits per heavy atom. The summed E-state index contributed by atoms with van der Waals surface area (Å²) in [5, 5.41) is 9.62. The van der Waals surface area contributed by atoms with Gasteiger partial charge in [-0.2, -0.15) is 0 Å². The van der Waals surface area contributed by atoms with Crippen LogP contribution < -0.4 is 5.73 Å². The molecule has 120 valence electrons. The van der Waals surface area contributed by atoms with E-state index in [1.165, 1.54) is 12.8 Å². The van der Waals surface area contributed by atoms with E-state index in [1.54, 1.807) is 18.2 Å². The van der Waals surface area contributed by atoms with Gasteiger partial charge in [0.2, 0.25) is 0 Å². The first-order chi connectivity index (χ1) is 11.2. The summed E-state index contributed by atoms with van der Waals surface area (Å²) >= 11 is 0. The van der Waals surface area contributed by atoms with E-state index in [9.17, 15) is 9.90 Å². The minimum absolute atomic E-state index is 0.0313. The molecule has 0 aromatic heterocycles. The molecule has 4 heteroatoms. The van der Waals surface area contributed by atoms with Crippen LogP contribution in [0.4, 0.5) is 0 Å². The van der Waals surface area contributed by atoms with E-state index < -0.39 is 0 Å². The van der Waals surface area contributed by atoms with Crippen LogP contribution in [-0.2, 0) is 13.1 Å². The number of nitrogens with two attached hydrogens (primary N) is 1. The van der Waals surface area contributed by atoms with Gasteiger partial charge in [-0.25, -0.2) is 0 Å². The molecule has 0 spiro atoms. The second-order valence-corrected chi connectivity index (χ2v) is 6.20. The normalized spacial score (nSPS) is 13.8. The molecule has 0 bridgehead atoms. The summed E-state index contributed by atoms with van der Waals surface area (Å²) in [6, 6.07) is 14.6. The Kier molecular flexibility index (Phi) is 4.63. The quantitative estimate of drug-likeness (QED) is 0.862. The van der Waals surface area contributed by atoms with Crippen molar-refractivity contribution in [1.29, 1.82) is 0 Å². The van der Waals surface area contributed by atoms with Crippen molar-refractivity contribution in [3.8, 4) is 5.75 Å². The second kappa shape index (κ2) is 6.84. The topological polar surface area (TPSA) is 66.6 Å². The summed E-state index contributed by atoms with van der Waals surface area (Å²) in [6.07, 6.45) is 2.38. The summed E-state index contributed by atoms with van der Waals surface area (Å²) in [6.45, 7) is 1.76. The highest BCUT2D eigenvalue weighted by molar-refractivity contribution is 5.94. The monoisotopic (exact) mass is 310 g/mol. The Labute approximate surface area is 136 Å². The first-order valence-electron chi connectivity index (χ1n) is 8.02. The van der Waals surface area contributed by atoms with Crippen LogP contribution in [0.3, 0.4) is 0 Å². The molecule has 4 nitrogen and oxygen atoms in total. The lowest BCUT2D eigenvalue weighted by molar-refractivity contribution is 0.0734. The number of benzene rings is 2. The van der Waals surface area contributed by atoms with Gasteiger partial charge in [0.15, 0.2) is 0 Å². The molecule has 0 radical (unpaired) electrons. The molecule has 0 atom stereocenters. The molecule has 1 amide bonds. The largest absolute Gasteiger partial charge is 0.508 e. The number of phenols is 1. The maximum absolute atomic E-state index is 12.8. The van der Waals surface area contributed by atoms with E-state index >= 15 is 0 Å². The molecule has 1 aliphatic carbocycles. The minimum Gasteiger partial charge on any atom is -0.508 e. The molecular weight excluding hydrogens is 288 g/mol. The highest BCUT2D eigenvalue weighted by atomic mass is 16.3. The molecule has 1 saturated carbocycles. The van der Waals surface area contributed by atoms with Crippen molar-refractivity contribution >= 4 is 5.91 Å². The molecule has 0 aliphatic heterocycles. The van der Waals surface area contributed by atoms with Gasteiger partial charge in [0, 0.05) is 25.2 Å². The lowest BCUT2D eigenvalue weighted by Crippen LogP contribution is -2.32. The second-order valence-electron chi connectivity index (χ2n) is 6.20. The predicted molar refractivity (Wildman–Crippen MR) is 89.9 cm³/mol. The summed E-state index contributed by atoms with van der Waals surface area (Å²) in [5.74, 6) is 0.872. The third-order valence-electron chi connectivity index (χ3n) is 4.18. The van der Waals surface area contributed by atoms with Gasteiger partial charge in [-0.3, -0.25) is 4.79 Å². The van der Waals surface area contributed by atoms with E-state index in [2.05, 4.69) is 0 Å². The van der Waals surface area contributed by atoms with Crippen molar-refractivity contribution in [2.75, 3.05) is 6.54 Å². The fraction of sp³-hybridized carbons (Fsp3) is 0.316. The highest BCUT2D eigenvalue weighted by Crippen LogP contribution is 2.31. The van der Waals surface area contributed by atoms with Gasteiger partial charge in [0.25, 0.3) is 5.91 Å². The molecule has 2 aromatic carbocycles. The van der Waals surface area contributed by atoms with Crippen molar-refractivity contribution < 1.29 is 9.90 Å². The van der Waals surface area contributed by atoms with E-state index in [4.69, 9.17) is 5.73 Å². The highest BCUT2D eigenvalue weighted by Gasteiger charge is 2.27. The number of carbonyl (C=O) groups excluding carboxylic acids is 1. The number of carbonyl (C=O) groups is 1. The Morgan fingerprint density at radius 1 is 1.13 bits per heavy atom. The summed E-state index contributed by atoms with van der Waals surface area (Å²) < 4.78 is 0. The van der Waals surface area contributed by atoms with E-state index in [0.717, 1.165) is 17.7 Å². The van der Waals surface area contributed by atoms with Gasteiger partial charge in [-0.1, -0.05) is 24.3 Å². The number of hydrogen-bond acceptors (Lipinski definition) is 3. The van der Waals surface area contributed by atoms with Crippen LogP contribution in [0.15, 0.2) is 48.5 Å². The van der Waals surface area contributed by atoms with Crippen LogP contribution in [0.5, 0.6) is 5.75 Å². The van der Waals surface area contributed by atoms with Crippen LogP contribution >= 0.6 is 0 Å². The third kappa shape index (κ3) is 4.11. The van der Waals surface area contributed by atoms with Crippen molar-refractivity contribution in [3.05, 3.63) is 65.2 Å². The van der Waals surface area contributed by atoms with Gasteiger partial charge in [-0.05, 0) is 54.2 Å². The average Bonchev–Trinajstić information content (AvgIpc) is 3.38. The maximum atomic E-state index is 12.8. The smallest absolute Gasteiger partial charge is 0.254 e. The maximum Gasteiger partial charge on any atom is 0.254 e. The molecule has 3 rings (SSSR count). The fourth-order valence-corrected chi connectivity index (χ4v) is 2.67. The fourth-order valence-electron chi connectivity index (χ4n) is 2.67. The lowest BCUT2D eigenvalue weighted by atomic mass is 10.1. The Balaban J connectivity index is 1.77. The third-order valence-corrected chi connectivity index (χ3v) is 4.18. The van der Waals surface area contributed by atoms with Gasteiger partial charge in [-0.15, -0.1) is 0 Å². The molecule has 3 N–H and O–H groups in total. The zero-order chi connectivity index (χ0) is 16.2. The number of hydrogen-bond donors (Lipinski definition) is 2. The Hall–Kier alpha value is -2.33. The minimum atomic E-state index is 0.0313. The molecule has 0 unspecified atom stereocenters. The van der Waals surface area contributed by atoms with Gasteiger partial charge in [0.05, 0.1) is 0 Å². The van der Waals surface area contributed by atoms with Crippen LogP contribution in [0.1, 0.15) is 34.3 Å². The lowest BCUT2D eigenvalue weighted by Gasteiger charge is -2.23. The van der Waals surface area contributed by atoms with Crippen LogP contribution in [0.25, 0.3) is 0 Å². The van der Waals surface area contributed by atoms with Gasteiger partial charge >= 0.3 is 0 Å². The van der Waals surface area contributed by atoms with Crippen molar-refractivity contribution in [2.45, 2.75) is 25.9 Å². The zero-order valence-electron chi connectivity index (χ0n) is 13.1. The number of nitrogens with zero attached hydrogens (tertiary/aromatic N) is 1. The van der Waals surface area contributed by atoms with Crippen molar-refractivity contribution in [2.24, 2.45) is 11.7 Å². The molecule has 1 aliphatic rings. The molecule has 2 aromatic rings. The van der Waals surface area contributed by atoms with Crippen LogP contribution in [-0.4, -0.2) is 22.5 Å². The van der Waals surface area contributed by atoms with Gasteiger partial charge < -0.3 is 15.7 Å². The molecule has 0 saturated heterocycles. The zero-order valence-corrected chi connectivity index (χ0v) is 13.1. The average molecular weight is 310 g/mol. The number of phenolic OH excluding ortho intramolecular Hbond substituents is 1. The van der Waals surface area contributed by atoms with E-state index in [0.29, 0.717) is 24.6 Å². The molecule has 0 heterocycles. The van der Waals surface area contributed by atoms with E-state index in [-0.39, 0.29) is 11.7 Å². The van der Waals surface area contributed by atoms with E-state index in [1.807, 2.05) is 35.2 Å². The summed E-state index contributed by atoms with van der Waals surface area (Å²) in [4.78, 5) is 14.7. The first-order valence-corrected chi connectivity index (χ1v) is 8.02. The SMILES string of the molecule is NCc1ccc(C(=O)N(Cc2cccc(O)c2)CC2CC2)cc1. The van der Waals surface area contributed by atoms with Crippen LogP contribution in [0.2, 0.25) is 0 Å². The Bertz CT molecular complexity index is 678.